The van der Waals surface area contributed by atoms with Crippen molar-refractivity contribution in [3.05, 3.63) is 130 Å². The average Bonchev–Trinajstić information content (AvgIpc) is 3.03. The molecule has 1 unspecified atom stereocenters. The largest absolute Gasteiger partial charge is 0.354 e. The molecule has 0 heterocycles. The molecule has 7 nitrogen and oxygen atoms in total. The van der Waals surface area contributed by atoms with Crippen molar-refractivity contribution in [2.24, 2.45) is 0 Å². The summed E-state index contributed by atoms with van der Waals surface area (Å²) in [6.45, 7) is 3.95. The predicted octanol–water partition coefficient (Wildman–Crippen LogP) is 7.05. The quantitative estimate of drug-likeness (QED) is 0.146. The zero-order chi connectivity index (χ0) is 32.4. The van der Waals surface area contributed by atoms with Gasteiger partial charge in [-0.05, 0) is 54.8 Å². The fraction of sp³-hybridized carbons (Fsp3) is 0.257. The summed E-state index contributed by atoms with van der Waals surface area (Å²) in [5, 5.41) is 3.38. The van der Waals surface area contributed by atoms with Crippen molar-refractivity contribution in [3.63, 3.8) is 0 Å². The molecule has 0 aliphatic carbocycles. The van der Waals surface area contributed by atoms with E-state index >= 15 is 0 Å². The van der Waals surface area contributed by atoms with E-state index in [1.807, 2.05) is 68.4 Å². The van der Waals surface area contributed by atoms with Crippen LogP contribution >= 0.6 is 23.2 Å². The number of benzene rings is 4. The monoisotopic (exact) mass is 665 g/mol. The minimum atomic E-state index is -4.26. The third-order valence-corrected chi connectivity index (χ3v) is 9.67. The molecule has 4 rings (SSSR count). The number of hydrogen-bond donors (Lipinski definition) is 1. The SMILES string of the molecule is CCCCNC(=O)C(Cc1ccccc1)N(Cc1ccc(C)cc1)C(=O)CN(c1ccc(Cl)cc1Cl)S(=O)(=O)c1ccccc1. The number of carbonyl (C=O) groups is 2. The Morgan fingerprint density at radius 1 is 0.844 bits per heavy atom. The van der Waals surface area contributed by atoms with Gasteiger partial charge >= 0.3 is 0 Å². The average molecular weight is 667 g/mol. The van der Waals surface area contributed by atoms with E-state index in [1.165, 1.54) is 35.2 Å². The molecule has 0 bridgehead atoms. The number of unbranched alkanes of at least 4 members (excludes halogenated alkanes) is 1. The maximum Gasteiger partial charge on any atom is 0.264 e. The molecule has 236 valence electrons. The highest BCUT2D eigenvalue weighted by atomic mass is 35.5. The number of carbonyl (C=O) groups excluding carboxylic acids is 2. The van der Waals surface area contributed by atoms with E-state index in [4.69, 9.17) is 23.2 Å². The van der Waals surface area contributed by atoms with Crippen LogP contribution in [0.5, 0.6) is 0 Å². The predicted molar refractivity (Wildman–Crippen MR) is 181 cm³/mol. The molecule has 4 aromatic carbocycles. The number of nitrogens with zero attached hydrogens (tertiary/aromatic N) is 2. The second kappa shape index (κ2) is 15.9. The van der Waals surface area contributed by atoms with Gasteiger partial charge in [-0.3, -0.25) is 13.9 Å². The molecule has 0 saturated carbocycles. The summed E-state index contributed by atoms with van der Waals surface area (Å²) in [7, 11) is -4.26. The van der Waals surface area contributed by atoms with Gasteiger partial charge in [-0.1, -0.05) is 115 Å². The number of nitrogens with one attached hydrogen (secondary N) is 1. The standard InChI is InChI=1S/C35H37Cl2N3O4S/c1-3-4-21-38-35(42)33(22-27-11-7-5-8-12-27)39(24-28-17-15-26(2)16-18-28)34(41)25-40(32-20-19-29(36)23-31(32)37)45(43,44)30-13-9-6-10-14-30/h5-20,23,33H,3-4,21-22,24-25H2,1-2H3,(H,38,42). The lowest BCUT2D eigenvalue weighted by atomic mass is 10.0. The number of anilines is 1. The van der Waals surface area contributed by atoms with Crippen LogP contribution in [0, 0.1) is 6.92 Å². The van der Waals surface area contributed by atoms with E-state index in [2.05, 4.69) is 5.32 Å². The van der Waals surface area contributed by atoms with Crippen LogP contribution < -0.4 is 9.62 Å². The fourth-order valence-corrected chi connectivity index (χ4v) is 6.88. The van der Waals surface area contributed by atoms with Crippen LogP contribution in [0.15, 0.2) is 108 Å². The third kappa shape index (κ3) is 9.10. The van der Waals surface area contributed by atoms with E-state index in [0.29, 0.717) is 11.6 Å². The smallest absolute Gasteiger partial charge is 0.264 e. The van der Waals surface area contributed by atoms with Crippen molar-refractivity contribution in [2.75, 3.05) is 17.4 Å². The molecule has 0 aliphatic heterocycles. The lowest BCUT2D eigenvalue weighted by Crippen LogP contribution is -2.53. The van der Waals surface area contributed by atoms with Crippen molar-refractivity contribution in [1.82, 2.24) is 10.2 Å². The zero-order valence-electron chi connectivity index (χ0n) is 25.3. The number of hydrogen-bond acceptors (Lipinski definition) is 4. The molecule has 45 heavy (non-hydrogen) atoms. The van der Waals surface area contributed by atoms with Crippen LogP contribution in [0.2, 0.25) is 10.0 Å². The van der Waals surface area contributed by atoms with Gasteiger partial charge in [0, 0.05) is 24.5 Å². The Kier molecular flexibility index (Phi) is 12.0. The lowest BCUT2D eigenvalue weighted by Gasteiger charge is -2.34. The molecule has 0 fully saturated rings. The summed E-state index contributed by atoms with van der Waals surface area (Å²) in [5.41, 5.74) is 2.81. The molecule has 2 amide bonds. The molecule has 4 aromatic rings. The first-order valence-corrected chi connectivity index (χ1v) is 17.0. The second-order valence-electron chi connectivity index (χ2n) is 10.8. The van der Waals surface area contributed by atoms with Gasteiger partial charge in [0.2, 0.25) is 11.8 Å². The van der Waals surface area contributed by atoms with Gasteiger partial charge in [-0.15, -0.1) is 0 Å². The fourth-order valence-electron chi connectivity index (χ4n) is 4.87. The van der Waals surface area contributed by atoms with Gasteiger partial charge in [-0.25, -0.2) is 8.42 Å². The van der Waals surface area contributed by atoms with Crippen LogP contribution in [0.3, 0.4) is 0 Å². The lowest BCUT2D eigenvalue weighted by molar-refractivity contribution is -0.140. The van der Waals surface area contributed by atoms with E-state index in [1.54, 1.807) is 18.2 Å². The molecular formula is C35H37Cl2N3O4S. The zero-order valence-corrected chi connectivity index (χ0v) is 27.7. The first kappa shape index (κ1) is 34.0. The van der Waals surface area contributed by atoms with Gasteiger partial charge in [0.25, 0.3) is 10.0 Å². The maximum atomic E-state index is 14.5. The summed E-state index contributed by atoms with van der Waals surface area (Å²) in [6.07, 6.45) is 1.92. The van der Waals surface area contributed by atoms with Crippen LogP contribution in [0.25, 0.3) is 0 Å². The Morgan fingerprint density at radius 2 is 1.49 bits per heavy atom. The van der Waals surface area contributed by atoms with E-state index < -0.39 is 28.5 Å². The Morgan fingerprint density at radius 3 is 2.11 bits per heavy atom. The number of aryl methyl sites for hydroxylation is 1. The van der Waals surface area contributed by atoms with Gasteiger partial charge < -0.3 is 10.2 Å². The summed E-state index contributed by atoms with van der Waals surface area (Å²) >= 11 is 12.7. The number of halogens is 2. The Labute approximate surface area is 275 Å². The van der Waals surface area contributed by atoms with E-state index in [9.17, 15) is 18.0 Å². The Balaban J connectivity index is 1.80. The van der Waals surface area contributed by atoms with Gasteiger partial charge in [-0.2, -0.15) is 0 Å². The molecule has 0 aliphatic rings. The highest BCUT2D eigenvalue weighted by molar-refractivity contribution is 7.92. The van der Waals surface area contributed by atoms with Crippen LogP contribution in [0.1, 0.15) is 36.5 Å². The van der Waals surface area contributed by atoms with Crippen LogP contribution in [0.4, 0.5) is 5.69 Å². The highest BCUT2D eigenvalue weighted by Crippen LogP contribution is 2.33. The van der Waals surface area contributed by atoms with E-state index in [0.717, 1.165) is 33.8 Å². The maximum absolute atomic E-state index is 14.5. The van der Waals surface area contributed by atoms with Gasteiger partial charge in [0.1, 0.15) is 12.6 Å². The van der Waals surface area contributed by atoms with Crippen LogP contribution in [-0.4, -0.2) is 44.3 Å². The molecule has 1 atom stereocenters. The Hall–Kier alpha value is -3.85. The van der Waals surface area contributed by atoms with Gasteiger partial charge in [0.05, 0.1) is 15.6 Å². The number of amides is 2. The molecule has 0 aromatic heterocycles. The van der Waals surface area contributed by atoms with Crippen molar-refractivity contribution in [2.45, 2.75) is 50.6 Å². The van der Waals surface area contributed by atoms with Crippen LogP contribution in [-0.2, 0) is 32.6 Å². The first-order valence-electron chi connectivity index (χ1n) is 14.8. The normalized spacial score (nSPS) is 11.9. The molecule has 0 spiro atoms. The van der Waals surface area contributed by atoms with Gasteiger partial charge in [0.15, 0.2) is 0 Å². The summed E-state index contributed by atoms with van der Waals surface area (Å²) in [4.78, 5) is 29.8. The third-order valence-electron chi connectivity index (χ3n) is 7.36. The number of sulfonamides is 1. The molecule has 10 heteroatoms. The second-order valence-corrected chi connectivity index (χ2v) is 13.5. The van der Waals surface area contributed by atoms with E-state index in [-0.39, 0.29) is 34.5 Å². The highest BCUT2D eigenvalue weighted by Gasteiger charge is 2.35. The topological polar surface area (TPSA) is 86.8 Å². The Bertz CT molecular complexity index is 1690. The number of rotatable bonds is 14. The van der Waals surface area contributed by atoms with Crippen molar-refractivity contribution in [3.8, 4) is 0 Å². The minimum Gasteiger partial charge on any atom is -0.354 e. The van der Waals surface area contributed by atoms with Crippen molar-refractivity contribution < 1.29 is 18.0 Å². The molecule has 1 N–H and O–H groups in total. The molecule has 0 radical (unpaired) electrons. The first-order chi connectivity index (χ1) is 21.6. The summed E-state index contributed by atoms with van der Waals surface area (Å²) in [6, 6.07) is 28.5. The summed E-state index contributed by atoms with van der Waals surface area (Å²) < 4.78 is 29.1. The molecular weight excluding hydrogens is 629 g/mol. The van der Waals surface area contributed by atoms with Crippen molar-refractivity contribution >= 4 is 50.7 Å². The molecule has 0 saturated heterocycles. The minimum absolute atomic E-state index is 0.00737. The summed E-state index contributed by atoms with van der Waals surface area (Å²) in [5.74, 6) is -0.873. The van der Waals surface area contributed by atoms with Crippen molar-refractivity contribution in [1.29, 1.82) is 0 Å².